The van der Waals surface area contributed by atoms with Gasteiger partial charge in [-0.15, -0.1) is 11.3 Å². The van der Waals surface area contributed by atoms with Crippen LogP contribution in [0.5, 0.6) is 0 Å². The van der Waals surface area contributed by atoms with Gasteiger partial charge in [-0.2, -0.15) is 0 Å². The normalized spacial score (nSPS) is 10.6. The van der Waals surface area contributed by atoms with Crippen molar-refractivity contribution in [3.63, 3.8) is 0 Å². The molecule has 0 bridgehead atoms. The second kappa shape index (κ2) is 8.67. The number of esters is 2. The van der Waals surface area contributed by atoms with Crippen LogP contribution in [-0.2, 0) is 9.47 Å². The van der Waals surface area contributed by atoms with Gasteiger partial charge in [0.15, 0.2) is 0 Å². The summed E-state index contributed by atoms with van der Waals surface area (Å²) in [6.07, 6.45) is 0. The molecule has 0 spiro atoms. The molecule has 2 aromatic heterocycles. The van der Waals surface area contributed by atoms with Gasteiger partial charge in [-0.3, -0.25) is 0 Å². The number of ether oxygens (including phenoxy) is 2. The molecule has 4 aromatic rings. The number of hydrogen-bond donors (Lipinski definition) is 0. The molecule has 0 saturated carbocycles. The summed E-state index contributed by atoms with van der Waals surface area (Å²) in [7, 11) is 0. The second-order valence-electron chi connectivity index (χ2n) is 6.19. The third kappa shape index (κ3) is 4.33. The highest BCUT2D eigenvalue weighted by atomic mass is 32.1. The van der Waals surface area contributed by atoms with Gasteiger partial charge >= 0.3 is 11.9 Å². The molecule has 2 aromatic carbocycles. The summed E-state index contributed by atoms with van der Waals surface area (Å²) in [4.78, 5) is 30.3. The van der Waals surface area contributed by atoms with Gasteiger partial charge in [-0.05, 0) is 35.7 Å². The Balaban J connectivity index is 1.46. The first kappa shape index (κ1) is 18.8. The van der Waals surface area contributed by atoms with Crippen LogP contribution >= 0.6 is 11.3 Å². The van der Waals surface area contributed by atoms with Crippen molar-refractivity contribution in [2.75, 3.05) is 13.2 Å². The number of para-hydroxylation sites is 1. The van der Waals surface area contributed by atoms with E-state index in [1.807, 2.05) is 47.8 Å². The third-order valence-corrected chi connectivity index (χ3v) is 5.16. The lowest BCUT2D eigenvalue weighted by atomic mass is 10.1. The molecule has 0 aliphatic carbocycles. The molecule has 4 rings (SSSR count). The highest BCUT2D eigenvalue weighted by Crippen LogP contribution is 2.28. The summed E-state index contributed by atoms with van der Waals surface area (Å²) in [5.74, 6) is -0.923. The van der Waals surface area contributed by atoms with E-state index in [0.29, 0.717) is 11.1 Å². The molecule has 29 heavy (non-hydrogen) atoms. The van der Waals surface area contributed by atoms with Gasteiger partial charge in [-0.1, -0.05) is 42.5 Å². The van der Waals surface area contributed by atoms with Crippen molar-refractivity contribution in [2.45, 2.75) is 0 Å². The van der Waals surface area contributed by atoms with Crippen LogP contribution in [0.25, 0.3) is 21.5 Å². The number of thiophene rings is 1. The molecule has 6 heteroatoms. The summed E-state index contributed by atoms with van der Waals surface area (Å²) >= 11 is 1.56. The van der Waals surface area contributed by atoms with Gasteiger partial charge in [0.1, 0.15) is 13.2 Å². The highest BCUT2D eigenvalue weighted by molar-refractivity contribution is 7.13. The predicted octanol–water partition coefficient (Wildman–Crippen LogP) is 4.98. The van der Waals surface area contributed by atoms with E-state index in [2.05, 4.69) is 4.98 Å². The zero-order valence-corrected chi connectivity index (χ0v) is 16.2. The first-order valence-corrected chi connectivity index (χ1v) is 9.93. The van der Waals surface area contributed by atoms with Crippen molar-refractivity contribution in [1.29, 1.82) is 0 Å². The minimum absolute atomic E-state index is 0.0136. The lowest BCUT2D eigenvalue weighted by molar-refractivity contribution is 0.0267. The fraction of sp³-hybridized carbons (Fsp3) is 0.0870. The Labute approximate surface area is 171 Å². The molecule has 0 saturated heterocycles. The van der Waals surface area contributed by atoms with Crippen LogP contribution in [0, 0.1) is 0 Å². The van der Waals surface area contributed by atoms with Crippen LogP contribution in [-0.4, -0.2) is 30.1 Å². The van der Waals surface area contributed by atoms with E-state index in [-0.39, 0.29) is 13.2 Å². The molecule has 0 radical (unpaired) electrons. The van der Waals surface area contributed by atoms with Crippen molar-refractivity contribution in [2.24, 2.45) is 0 Å². The average Bonchev–Trinajstić information content (AvgIpc) is 3.31. The standard InChI is InChI=1S/C23H17NO4S/c25-22(16-7-2-1-3-8-16)27-12-13-28-23(26)18-15-20(21-11-6-14-29-21)24-19-10-5-4-9-17(18)19/h1-11,14-15H,12-13H2. The Bertz CT molecular complexity index is 1140. The maximum atomic E-state index is 12.7. The Kier molecular flexibility index (Phi) is 5.63. The van der Waals surface area contributed by atoms with Crippen LogP contribution in [0.1, 0.15) is 20.7 Å². The van der Waals surface area contributed by atoms with E-state index in [1.165, 1.54) is 0 Å². The molecule has 0 N–H and O–H groups in total. The van der Waals surface area contributed by atoms with Crippen LogP contribution in [0.2, 0.25) is 0 Å². The number of pyridine rings is 1. The third-order valence-electron chi connectivity index (χ3n) is 4.27. The molecule has 144 valence electrons. The number of fused-ring (bicyclic) bond motifs is 1. The fourth-order valence-electron chi connectivity index (χ4n) is 2.90. The number of hydrogen-bond acceptors (Lipinski definition) is 6. The highest BCUT2D eigenvalue weighted by Gasteiger charge is 2.16. The predicted molar refractivity (Wildman–Crippen MR) is 112 cm³/mol. The van der Waals surface area contributed by atoms with Crippen molar-refractivity contribution >= 4 is 34.2 Å². The zero-order valence-electron chi connectivity index (χ0n) is 15.4. The number of carbonyl (C=O) groups excluding carboxylic acids is 2. The van der Waals surface area contributed by atoms with Crippen molar-refractivity contribution in [3.8, 4) is 10.6 Å². The fourth-order valence-corrected chi connectivity index (χ4v) is 3.59. The summed E-state index contributed by atoms with van der Waals surface area (Å²) in [5.41, 5.74) is 2.34. The molecule has 0 unspecified atom stereocenters. The molecule has 0 atom stereocenters. The van der Waals surface area contributed by atoms with E-state index in [9.17, 15) is 9.59 Å². The first-order chi connectivity index (χ1) is 14.2. The second-order valence-corrected chi connectivity index (χ2v) is 7.14. The van der Waals surface area contributed by atoms with E-state index in [0.717, 1.165) is 21.5 Å². The van der Waals surface area contributed by atoms with Crippen LogP contribution in [0.3, 0.4) is 0 Å². The van der Waals surface area contributed by atoms with Gasteiger partial charge < -0.3 is 9.47 Å². The van der Waals surface area contributed by atoms with Gasteiger partial charge in [0, 0.05) is 5.39 Å². The number of benzene rings is 2. The van der Waals surface area contributed by atoms with E-state index < -0.39 is 11.9 Å². The van der Waals surface area contributed by atoms with E-state index in [1.54, 1.807) is 41.7 Å². The van der Waals surface area contributed by atoms with Gasteiger partial charge in [0.25, 0.3) is 0 Å². The summed E-state index contributed by atoms with van der Waals surface area (Å²) in [5, 5.41) is 2.68. The molecule has 5 nitrogen and oxygen atoms in total. The maximum Gasteiger partial charge on any atom is 0.339 e. The summed E-state index contributed by atoms with van der Waals surface area (Å²) in [6.45, 7) is -0.0390. The molecule has 0 amide bonds. The van der Waals surface area contributed by atoms with Gasteiger partial charge in [0.2, 0.25) is 0 Å². The first-order valence-electron chi connectivity index (χ1n) is 9.05. The van der Waals surface area contributed by atoms with Crippen molar-refractivity contribution < 1.29 is 19.1 Å². The Morgan fingerprint density at radius 1 is 0.828 bits per heavy atom. The molecule has 2 heterocycles. The summed E-state index contributed by atoms with van der Waals surface area (Å²) < 4.78 is 10.5. The van der Waals surface area contributed by atoms with Crippen molar-refractivity contribution in [1.82, 2.24) is 4.98 Å². The smallest absolute Gasteiger partial charge is 0.339 e. The zero-order chi connectivity index (χ0) is 20.1. The largest absolute Gasteiger partial charge is 0.458 e. The van der Waals surface area contributed by atoms with Crippen LogP contribution in [0.4, 0.5) is 0 Å². The number of carbonyl (C=O) groups is 2. The van der Waals surface area contributed by atoms with Gasteiger partial charge in [0.05, 0.1) is 27.2 Å². The topological polar surface area (TPSA) is 65.5 Å². The van der Waals surface area contributed by atoms with Crippen LogP contribution < -0.4 is 0 Å². The average molecular weight is 403 g/mol. The monoisotopic (exact) mass is 403 g/mol. The lowest BCUT2D eigenvalue weighted by Gasteiger charge is -2.10. The Hall–Kier alpha value is -3.51. The minimum Gasteiger partial charge on any atom is -0.458 e. The maximum absolute atomic E-state index is 12.7. The molecular formula is C23H17NO4S. The number of rotatable bonds is 6. The molecule has 0 fully saturated rings. The van der Waals surface area contributed by atoms with Crippen LogP contribution in [0.15, 0.2) is 78.2 Å². The Morgan fingerprint density at radius 2 is 1.55 bits per heavy atom. The summed E-state index contributed by atoms with van der Waals surface area (Å²) in [6, 6.07) is 21.8. The SMILES string of the molecule is O=C(OCCOC(=O)c1cc(-c2cccs2)nc2ccccc12)c1ccccc1. The molecule has 0 aliphatic heterocycles. The van der Waals surface area contributed by atoms with Gasteiger partial charge in [-0.25, -0.2) is 14.6 Å². The number of aromatic nitrogens is 1. The van der Waals surface area contributed by atoms with E-state index >= 15 is 0 Å². The number of nitrogens with zero attached hydrogens (tertiary/aromatic N) is 1. The lowest BCUT2D eigenvalue weighted by Crippen LogP contribution is -2.14. The quantitative estimate of drug-likeness (QED) is 0.336. The molecule has 0 aliphatic rings. The molecular weight excluding hydrogens is 386 g/mol. The minimum atomic E-state index is -0.475. The Morgan fingerprint density at radius 3 is 2.31 bits per heavy atom. The van der Waals surface area contributed by atoms with E-state index in [4.69, 9.17) is 9.47 Å². The van der Waals surface area contributed by atoms with Crippen molar-refractivity contribution in [3.05, 3.63) is 89.3 Å².